The zero-order valence-corrected chi connectivity index (χ0v) is 11.4. The standard InChI is InChI=1S/C14H18N2O4/c1-3-8(2)11(14(19)20)16-13(18)10-6-4-5-9(7-10)12(15)17/h4-8,11H,3H2,1-2H3,(H2,15,17)(H,16,18)(H,19,20)/t8?,11-/m0/s1. The third-order valence-corrected chi connectivity index (χ3v) is 3.17. The van der Waals surface area contributed by atoms with Crippen LogP contribution in [0.5, 0.6) is 0 Å². The molecule has 0 aliphatic rings. The number of aliphatic carboxylic acids is 1. The van der Waals surface area contributed by atoms with Crippen molar-refractivity contribution in [3.05, 3.63) is 35.4 Å². The van der Waals surface area contributed by atoms with Gasteiger partial charge in [0.25, 0.3) is 5.91 Å². The molecule has 20 heavy (non-hydrogen) atoms. The molecular weight excluding hydrogens is 260 g/mol. The number of rotatable bonds is 6. The monoisotopic (exact) mass is 278 g/mol. The first kappa shape index (κ1) is 15.7. The summed E-state index contributed by atoms with van der Waals surface area (Å²) in [5.74, 6) is -2.47. The summed E-state index contributed by atoms with van der Waals surface area (Å²) in [6, 6.07) is 4.88. The maximum absolute atomic E-state index is 12.0. The lowest BCUT2D eigenvalue weighted by molar-refractivity contribution is -0.140. The Kier molecular flexibility index (Phi) is 5.25. The van der Waals surface area contributed by atoms with E-state index in [1.54, 1.807) is 6.92 Å². The average molecular weight is 278 g/mol. The lowest BCUT2D eigenvalue weighted by Gasteiger charge is -2.20. The number of hydrogen-bond donors (Lipinski definition) is 3. The fourth-order valence-electron chi connectivity index (χ4n) is 1.72. The molecular formula is C14H18N2O4. The summed E-state index contributed by atoms with van der Waals surface area (Å²) in [4.78, 5) is 34.2. The van der Waals surface area contributed by atoms with Crippen LogP contribution < -0.4 is 11.1 Å². The number of hydrogen-bond acceptors (Lipinski definition) is 3. The summed E-state index contributed by atoms with van der Waals surface area (Å²) in [7, 11) is 0. The van der Waals surface area contributed by atoms with Gasteiger partial charge in [-0.2, -0.15) is 0 Å². The molecule has 0 aromatic heterocycles. The van der Waals surface area contributed by atoms with E-state index in [-0.39, 0.29) is 17.0 Å². The Morgan fingerprint density at radius 2 is 1.90 bits per heavy atom. The van der Waals surface area contributed by atoms with Gasteiger partial charge < -0.3 is 16.2 Å². The molecule has 4 N–H and O–H groups in total. The highest BCUT2D eigenvalue weighted by Gasteiger charge is 2.25. The molecule has 2 atom stereocenters. The van der Waals surface area contributed by atoms with Gasteiger partial charge in [0.2, 0.25) is 5.91 Å². The van der Waals surface area contributed by atoms with Crippen LogP contribution in [0, 0.1) is 5.92 Å². The van der Waals surface area contributed by atoms with Crippen molar-refractivity contribution in [2.24, 2.45) is 11.7 Å². The molecule has 0 aliphatic carbocycles. The van der Waals surface area contributed by atoms with Gasteiger partial charge in [-0.3, -0.25) is 9.59 Å². The number of carbonyl (C=O) groups is 3. The number of carboxylic acid groups (broad SMARTS) is 1. The fourth-order valence-corrected chi connectivity index (χ4v) is 1.72. The van der Waals surface area contributed by atoms with Gasteiger partial charge in [-0.25, -0.2) is 4.79 Å². The molecule has 6 heteroatoms. The molecule has 108 valence electrons. The molecule has 6 nitrogen and oxygen atoms in total. The van der Waals surface area contributed by atoms with Gasteiger partial charge in [-0.05, 0) is 24.1 Å². The summed E-state index contributed by atoms with van der Waals surface area (Å²) in [6.45, 7) is 3.60. The maximum atomic E-state index is 12.0. The van der Waals surface area contributed by atoms with Crippen LogP contribution in [0.2, 0.25) is 0 Å². The normalized spacial score (nSPS) is 13.3. The number of primary amides is 1. The lowest BCUT2D eigenvalue weighted by atomic mass is 9.98. The van der Waals surface area contributed by atoms with Crippen LogP contribution in [0.3, 0.4) is 0 Å². The highest BCUT2D eigenvalue weighted by Crippen LogP contribution is 2.10. The van der Waals surface area contributed by atoms with Crippen LogP contribution in [0.25, 0.3) is 0 Å². The van der Waals surface area contributed by atoms with Crippen LogP contribution in [0.15, 0.2) is 24.3 Å². The molecule has 1 unspecified atom stereocenters. The van der Waals surface area contributed by atoms with Crippen molar-refractivity contribution in [2.75, 3.05) is 0 Å². The van der Waals surface area contributed by atoms with Gasteiger partial charge in [0.05, 0.1) is 0 Å². The van der Waals surface area contributed by atoms with Gasteiger partial charge in [-0.1, -0.05) is 26.3 Å². The van der Waals surface area contributed by atoms with E-state index in [0.717, 1.165) is 0 Å². The molecule has 1 aromatic carbocycles. The van der Waals surface area contributed by atoms with Crippen molar-refractivity contribution in [3.8, 4) is 0 Å². The summed E-state index contributed by atoms with van der Waals surface area (Å²) in [5, 5.41) is 11.6. The van der Waals surface area contributed by atoms with Crippen molar-refractivity contribution in [1.29, 1.82) is 0 Å². The molecule has 0 aliphatic heterocycles. The number of amides is 2. The predicted octanol–water partition coefficient (Wildman–Crippen LogP) is 1.01. The quantitative estimate of drug-likeness (QED) is 0.721. The summed E-state index contributed by atoms with van der Waals surface area (Å²) < 4.78 is 0. The number of nitrogens with one attached hydrogen (secondary N) is 1. The molecule has 0 radical (unpaired) electrons. The molecule has 0 heterocycles. The fraction of sp³-hybridized carbons (Fsp3) is 0.357. The molecule has 1 rings (SSSR count). The van der Waals surface area contributed by atoms with Gasteiger partial charge in [0.15, 0.2) is 0 Å². The first-order valence-corrected chi connectivity index (χ1v) is 6.30. The number of benzene rings is 1. The largest absolute Gasteiger partial charge is 0.480 e. The Morgan fingerprint density at radius 3 is 2.40 bits per heavy atom. The minimum atomic E-state index is -1.08. The van der Waals surface area contributed by atoms with Crippen molar-refractivity contribution < 1.29 is 19.5 Å². The first-order chi connectivity index (χ1) is 9.36. The Hall–Kier alpha value is -2.37. The van der Waals surface area contributed by atoms with Crippen LogP contribution in [-0.2, 0) is 4.79 Å². The number of carboxylic acids is 1. The SMILES string of the molecule is CCC(C)[C@H](NC(=O)c1cccc(C(N)=O)c1)C(=O)O. The molecule has 0 bridgehead atoms. The van der Waals surface area contributed by atoms with Gasteiger partial charge >= 0.3 is 5.97 Å². The Labute approximate surface area is 117 Å². The van der Waals surface area contributed by atoms with E-state index < -0.39 is 23.8 Å². The highest BCUT2D eigenvalue weighted by atomic mass is 16.4. The van der Waals surface area contributed by atoms with Crippen molar-refractivity contribution in [1.82, 2.24) is 5.32 Å². The summed E-state index contributed by atoms with van der Waals surface area (Å²) >= 11 is 0. The maximum Gasteiger partial charge on any atom is 0.326 e. The second-order valence-corrected chi connectivity index (χ2v) is 4.62. The zero-order valence-electron chi connectivity index (χ0n) is 11.4. The van der Waals surface area contributed by atoms with E-state index in [4.69, 9.17) is 10.8 Å². The van der Waals surface area contributed by atoms with E-state index in [1.165, 1.54) is 24.3 Å². The van der Waals surface area contributed by atoms with E-state index in [1.807, 2.05) is 6.92 Å². The second-order valence-electron chi connectivity index (χ2n) is 4.62. The molecule has 0 saturated heterocycles. The van der Waals surface area contributed by atoms with Gasteiger partial charge in [-0.15, -0.1) is 0 Å². The highest BCUT2D eigenvalue weighted by molar-refractivity contribution is 6.00. The topological polar surface area (TPSA) is 109 Å². The molecule has 2 amide bonds. The molecule has 0 fully saturated rings. The smallest absolute Gasteiger partial charge is 0.326 e. The molecule has 1 aromatic rings. The Balaban J connectivity index is 2.92. The Morgan fingerprint density at radius 1 is 1.30 bits per heavy atom. The summed E-state index contributed by atoms with van der Waals surface area (Å²) in [5.41, 5.74) is 5.54. The third kappa shape index (κ3) is 3.81. The zero-order chi connectivity index (χ0) is 15.3. The minimum Gasteiger partial charge on any atom is -0.480 e. The van der Waals surface area contributed by atoms with Crippen LogP contribution in [-0.4, -0.2) is 28.9 Å². The molecule has 0 saturated carbocycles. The third-order valence-electron chi connectivity index (χ3n) is 3.17. The van der Waals surface area contributed by atoms with Crippen LogP contribution >= 0.6 is 0 Å². The van der Waals surface area contributed by atoms with E-state index >= 15 is 0 Å². The minimum absolute atomic E-state index is 0.198. The number of nitrogens with two attached hydrogens (primary N) is 1. The van der Waals surface area contributed by atoms with E-state index in [9.17, 15) is 14.4 Å². The van der Waals surface area contributed by atoms with Crippen LogP contribution in [0.4, 0.5) is 0 Å². The average Bonchev–Trinajstić information content (AvgIpc) is 2.43. The van der Waals surface area contributed by atoms with Gasteiger partial charge in [0, 0.05) is 11.1 Å². The summed E-state index contributed by atoms with van der Waals surface area (Å²) in [6.07, 6.45) is 0.624. The van der Waals surface area contributed by atoms with E-state index in [2.05, 4.69) is 5.32 Å². The van der Waals surface area contributed by atoms with Crippen molar-refractivity contribution in [3.63, 3.8) is 0 Å². The Bertz CT molecular complexity index is 528. The van der Waals surface area contributed by atoms with Crippen LogP contribution in [0.1, 0.15) is 41.0 Å². The van der Waals surface area contributed by atoms with Gasteiger partial charge in [0.1, 0.15) is 6.04 Å². The van der Waals surface area contributed by atoms with Crippen molar-refractivity contribution >= 4 is 17.8 Å². The lowest BCUT2D eigenvalue weighted by Crippen LogP contribution is -2.45. The van der Waals surface area contributed by atoms with Crippen molar-refractivity contribution in [2.45, 2.75) is 26.3 Å². The first-order valence-electron chi connectivity index (χ1n) is 6.30. The second kappa shape index (κ2) is 6.70. The molecule has 0 spiro atoms. The van der Waals surface area contributed by atoms with E-state index in [0.29, 0.717) is 6.42 Å². The predicted molar refractivity (Wildman–Crippen MR) is 73.3 cm³/mol. The number of carbonyl (C=O) groups excluding carboxylic acids is 2.